The number of hydrogen-bond acceptors (Lipinski definition) is 0. The van der Waals surface area contributed by atoms with E-state index >= 15 is 0 Å². The van der Waals surface area contributed by atoms with Crippen molar-refractivity contribution in [1.82, 2.24) is 0 Å². The molecule has 36 valence electrons. The summed E-state index contributed by atoms with van der Waals surface area (Å²) in [6.07, 6.45) is 0. The fourth-order valence-electron chi connectivity index (χ4n) is 0.00771. The Balaban J connectivity index is 2.19. The Morgan fingerprint density at radius 3 is 1.60 bits per heavy atom. The van der Waals surface area contributed by atoms with E-state index in [0.29, 0.717) is 0 Å². The van der Waals surface area contributed by atoms with Gasteiger partial charge in [0.25, 0.3) is 0 Å². The van der Waals surface area contributed by atoms with E-state index in [1.54, 1.807) is 0 Å². The third-order valence-electron chi connectivity index (χ3n) is 0.0408. The van der Waals surface area contributed by atoms with Gasteiger partial charge in [0.2, 0.25) is 0 Å². The van der Waals surface area contributed by atoms with Crippen LogP contribution < -0.4 is 39.8 Å². The van der Waals surface area contributed by atoms with Crippen LogP contribution in [0.25, 0.3) is 0 Å². The summed E-state index contributed by atoms with van der Waals surface area (Å²) < 4.78 is 0. The predicted octanol–water partition coefficient (Wildman–Crippen LogP) is -7.22. The van der Waals surface area contributed by atoms with Crippen LogP contribution >= 0.6 is 37.2 Å². The van der Waals surface area contributed by atoms with Gasteiger partial charge in [-0.25, -0.2) is 0 Å². The van der Waals surface area contributed by atoms with E-state index in [-0.39, 0.29) is 0 Å². The van der Waals surface area contributed by atoms with Gasteiger partial charge < -0.3 is 0 Å². The molecule has 0 N–H and O–H groups in total. The van der Waals surface area contributed by atoms with E-state index in [1.165, 1.54) is 0 Å². The Hall–Kier alpha value is 3.65. The van der Waals surface area contributed by atoms with E-state index < -0.39 is 0 Å². The van der Waals surface area contributed by atoms with Gasteiger partial charge in [-0.2, -0.15) is 0 Å². The molecule has 0 rings (SSSR count). The number of rotatable bonds is 2. The quantitative estimate of drug-likeness (QED) is 0.265. The van der Waals surface area contributed by atoms with Crippen molar-refractivity contribution < 1.29 is 39.8 Å². The fourth-order valence-corrected chi connectivity index (χ4v) is 105. The van der Waals surface area contributed by atoms with Gasteiger partial charge in [-0.3, -0.25) is 0 Å². The normalized spacial score (nSPS) is 10.0. The molecule has 0 atom stereocenters. The summed E-state index contributed by atoms with van der Waals surface area (Å²) in [5, 5.41) is 0. The molecule has 0 aliphatic rings. The second-order valence-corrected chi connectivity index (χ2v) is 48.9. The third kappa shape index (κ3) is 7.65. The van der Waals surface area contributed by atoms with Crippen LogP contribution in [0.3, 0.4) is 0 Å². The SMILES string of the molecule is I[I-][I+][I-]I. The molecule has 0 aromatic heterocycles. The van der Waals surface area contributed by atoms with E-state index in [1.807, 2.05) is 0 Å². The van der Waals surface area contributed by atoms with Crippen LogP contribution in [0.1, 0.15) is 0 Å². The van der Waals surface area contributed by atoms with Crippen molar-refractivity contribution in [2.45, 2.75) is 0 Å². The summed E-state index contributed by atoms with van der Waals surface area (Å²) in [6.45, 7) is 0. The van der Waals surface area contributed by atoms with Crippen LogP contribution in [0.15, 0.2) is 0 Å². The van der Waals surface area contributed by atoms with E-state index in [2.05, 4.69) is 37.2 Å². The molecule has 0 unspecified atom stereocenters. The molecule has 0 aliphatic carbocycles. The first-order valence-electron chi connectivity index (χ1n) is 0.571. The molecule has 0 saturated carbocycles. The fraction of sp³-hybridized carbons (Fsp3) is 0. The van der Waals surface area contributed by atoms with Gasteiger partial charge in [0, 0.05) is 0 Å². The second-order valence-electron chi connectivity index (χ2n) is 0.162. The van der Waals surface area contributed by atoms with Crippen LogP contribution in [0, 0.1) is 0 Å². The number of halogens is 5. The van der Waals surface area contributed by atoms with Crippen molar-refractivity contribution in [3.63, 3.8) is 0 Å². The van der Waals surface area contributed by atoms with Crippen LogP contribution in [-0.4, -0.2) is 0 Å². The standard InChI is InChI=1S/I5/c1-3-5-4-2/q-1. The Labute approximate surface area is 74.2 Å². The first-order chi connectivity index (χ1) is 2.41. The maximum absolute atomic E-state index is 2.57. The van der Waals surface area contributed by atoms with Crippen molar-refractivity contribution in [3.05, 3.63) is 0 Å². The zero-order chi connectivity index (χ0) is 4.12. The zero-order valence-electron chi connectivity index (χ0n) is 1.89. The first-order valence-corrected chi connectivity index (χ1v) is 25.7. The Kier molecular flexibility index (Phi) is 13.2. The summed E-state index contributed by atoms with van der Waals surface area (Å²) in [4.78, 5) is 0. The summed E-state index contributed by atoms with van der Waals surface area (Å²) >= 11 is 7.42. The Morgan fingerprint density at radius 2 is 1.60 bits per heavy atom. The minimum absolute atomic E-state index is 0.729. The van der Waals surface area contributed by atoms with Crippen LogP contribution in [0.2, 0.25) is 0 Å². The Morgan fingerprint density at radius 1 is 1.20 bits per heavy atom. The summed E-state index contributed by atoms with van der Waals surface area (Å²) in [5.41, 5.74) is 0. The second kappa shape index (κ2) is 7.65. The van der Waals surface area contributed by atoms with Crippen LogP contribution in [-0.2, 0) is 0 Å². The average molecular weight is 635 g/mol. The van der Waals surface area contributed by atoms with Crippen molar-refractivity contribution in [1.29, 1.82) is 0 Å². The molecule has 0 aromatic rings. The van der Waals surface area contributed by atoms with Crippen molar-refractivity contribution >= 4 is 37.2 Å². The van der Waals surface area contributed by atoms with E-state index in [9.17, 15) is 0 Å². The maximum atomic E-state index is 2.57. The van der Waals surface area contributed by atoms with Gasteiger partial charge in [-0.15, -0.1) is 0 Å². The van der Waals surface area contributed by atoms with Crippen LogP contribution in [0.5, 0.6) is 0 Å². The van der Waals surface area contributed by atoms with Crippen LogP contribution in [0.4, 0.5) is 0 Å². The molecular weight excluding hydrogens is 635 g/mol. The van der Waals surface area contributed by atoms with Gasteiger partial charge in [0.05, 0.1) is 0 Å². The average Bonchev–Trinajstić information content (AvgIpc) is 1.41. The number of hydrogen-bond donors (Lipinski definition) is 0. The summed E-state index contributed by atoms with van der Waals surface area (Å²) in [7, 11) is 0. The zero-order valence-corrected chi connectivity index (χ0v) is 12.7. The minimum atomic E-state index is 0.729. The first kappa shape index (κ1) is 8.65. The molecule has 0 aromatic carbocycles. The third-order valence-corrected chi connectivity index (χ3v) is 82.7. The molecule has 0 bridgehead atoms. The molecule has 0 fully saturated rings. The summed E-state index contributed by atoms with van der Waals surface area (Å²) in [5.74, 6) is 0. The summed E-state index contributed by atoms with van der Waals surface area (Å²) in [6, 6.07) is 0. The molecule has 0 aliphatic heterocycles. The Bertz CT molecular complexity index is 7.51. The van der Waals surface area contributed by atoms with Gasteiger partial charge >= 0.3 is 77.0 Å². The van der Waals surface area contributed by atoms with Gasteiger partial charge in [0.1, 0.15) is 0 Å². The molecule has 0 radical (unpaired) electrons. The molecule has 0 nitrogen and oxygen atoms in total. The van der Waals surface area contributed by atoms with Crippen molar-refractivity contribution in [2.75, 3.05) is 0 Å². The van der Waals surface area contributed by atoms with Gasteiger partial charge in [0.15, 0.2) is 0 Å². The molecule has 0 spiro atoms. The molecule has 0 heterocycles. The molecular formula is I5-. The molecule has 0 amide bonds. The van der Waals surface area contributed by atoms with Crippen molar-refractivity contribution in [3.8, 4) is 0 Å². The van der Waals surface area contributed by atoms with Gasteiger partial charge in [-0.1, -0.05) is 0 Å². The predicted molar refractivity (Wildman–Crippen MR) is 28.0 cm³/mol. The molecule has 5 heteroatoms. The van der Waals surface area contributed by atoms with E-state index in [4.69, 9.17) is 0 Å². The molecule has 5 heavy (non-hydrogen) atoms. The van der Waals surface area contributed by atoms with Gasteiger partial charge in [-0.05, 0) is 0 Å². The topological polar surface area (TPSA) is 0 Å². The van der Waals surface area contributed by atoms with Crippen molar-refractivity contribution in [2.24, 2.45) is 0 Å². The monoisotopic (exact) mass is 635 g/mol. The molecule has 0 saturated heterocycles. The van der Waals surface area contributed by atoms with E-state index in [0.717, 1.165) is 39.8 Å².